The number of oxime groups is 1. The zero-order valence-electron chi connectivity index (χ0n) is 12.5. The summed E-state index contributed by atoms with van der Waals surface area (Å²) >= 11 is 10.2. The second kappa shape index (κ2) is 7.09. The highest BCUT2D eigenvalue weighted by atomic mass is 127. The Kier molecular flexibility index (Phi) is 5.26. The number of aryl methyl sites for hydroxylation is 1. The normalized spacial score (nSPS) is 12.1. The Bertz CT molecular complexity index is 943. The average Bonchev–Trinajstić information content (AvgIpc) is 2.91. The summed E-state index contributed by atoms with van der Waals surface area (Å²) in [6.07, 6.45) is 0.646. The van der Waals surface area contributed by atoms with Crippen LogP contribution in [0.1, 0.15) is 23.8 Å². The van der Waals surface area contributed by atoms with Crippen molar-refractivity contribution in [3.05, 3.63) is 59.4 Å². The molecule has 0 aliphatic heterocycles. The minimum atomic E-state index is 0.216. The minimum absolute atomic E-state index is 0.216. The molecule has 0 bridgehead atoms. The SMILES string of the molecule is CCc1oc2ccc(Cl)cc2c1/C(=N\O)c1cc(I)c(O)c(I)c1. The maximum atomic E-state index is 9.97. The van der Waals surface area contributed by atoms with Gasteiger partial charge in [0.1, 0.15) is 22.8 Å². The number of rotatable bonds is 3. The molecule has 0 amide bonds. The van der Waals surface area contributed by atoms with E-state index in [1.54, 1.807) is 30.3 Å². The zero-order valence-corrected chi connectivity index (χ0v) is 17.5. The van der Waals surface area contributed by atoms with Gasteiger partial charge in [-0.1, -0.05) is 23.7 Å². The van der Waals surface area contributed by atoms with Gasteiger partial charge in [-0.2, -0.15) is 0 Å². The Hall–Kier alpha value is -1.000. The molecule has 0 saturated heterocycles. The highest BCUT2D eigenvalue weighted by molar-refractivity contribution is 14.1. The van der Waals surface area contributed by atoms with E-state index in [1.807, 2.05) is 52.1 Å². The van der Waals surface area contributed by atoms with E-state index in [9.17, 15) is 10.3 Å². The number of nitrogens with zero attached hydrogens (tertiary/aromatic N) is 1. The highest BCUT2D eigenvalue weighted by Crippen LogP contribution is 2.33. The topological polar surface area (TPSA) is 66.0 Å². The van der Waals surface area contributed by atoms with Crippen LogP contribution in [-0.2, 0) is 6.42 Å². The number of hydrogen-bond acceptors (Lipinski definition) is 4. The van der Waals surface area contributed by atoms with E-state index in [0.29, 0.717) is 35.4 Å². The molecule has 4 nitrogen and oxygen atoms in total. The summed E-state index contributed by atoms with van der Waals surface area (Å²) in [6, 6.07) is 8.92. The minimum Gasteiger partial charge on any atom is -0.506 e. The molecule has 0 unspecified atom stereocenters. The molecule has 3 aromatic rings. The van der Waals surface area contributed by atoms with Crippen LogP contribution >= 0.6 is 56.8 Å². The van der Waals surface area contributed by atoms with Crippen molar-refractivity contribution in [2.75, 3.05) is 0 Å². The number of furan rings is 1. The predicted molar refractivity (Wildman–Crippen MR) is 112 cm³/mol. The van der Waals surface area contributed by atoms with Crippen molar-refractivity contribution in [2.45, 2.75) is 13.3 Å². The molecular formula is C17H12ClI2NO3. The van der Waals surface area contributed by atoms with Gasteiger partial charge in [0.15, 0.2) is 0 Å². The lowest BCUT2D eigenvalue weighted by atomic mass is 9.98. The number of fused-ring (bicyclic) bond motifs is 1. The van der Waals surface area contributed by atoms with Crippen molar-refractivity contribution in [1.29, 1.82) is 0 Å². The van der Waals surface area contributed by atoms with Gasteiger partial charge in [0.2, 0.25) is 0 Å². The highest BCUT2D eigenvalue weighted by Gasteiger charge is 2.22. The number of halogens is 3. The van der Waals surface area contributed by atoms with Crippen LogP contribution in [0.5, 0.6) is 5.75 Å². The van der Waals surface area contributed by atoms with Crippen LogP contribution in [0.3, 0.4) is 0 Å². The molecule has 1 heterocycles. The van der Waals surface area contributed by atoms with E-state index in [1.165, 1.54) is 0 Å². The monoisotopic (exact) mass is 567 g/mol. The molecule has 7 heteroatoms. The average molecular weight is 568 g/mol. The van der Waals surface area contributed by atoms with Gasteiger partial charge in [-0.3, -0.25) is 0 Å². The number of aromatic hydroxyl groups is 1. The first kappa shape index (κ1) is 17.8. The fourth-order valence-corrected chi connectivity index (χ4v) is 4.52. The lowest BCUT2D eigenvalue weighted by Crippen LogP contribution is -2.06. The van der Waals surface area contributed by atoms with E-state index >= 15 is 0 Å². The van der Waals surface area contributed by atoms with Gasteiger partial charge in [0, 0.05) is 22.4 Å². The Labute approximate surface area is 170 Å². The fourth-order valence-electron chi connectivity index (χ4n) is 2.58. The summed E-state index contributed by atoms with van der Waals surface area (Å²) in [5, 5.41) is 24.6. The van der Waals surface area contributed by atoms with Crippen LogP contribution in [0.2, 0.25) is 5.02 Å². The Balaban J connectivity index is 2.30. The van der Waals surface area contributed by atoms with Crippen LogP contribution in [0.15, 0.2) is 39.9 Å². The fraction of sp³-hybridized carbons (Fsp3) is 0.118. The van der Waals surface area contributed by atoms with E-state index in [4.69, 9.17) is 16.0 Å². The molecule has 1 aromatic heterocycles. The maximum absolute atomic E-state index is 9.97. The summed E-state index contributed by atoms with van der Waals surface area (Å²) < 4.78 is 7.25. The van der Waals surface area contributed by atoms with Crippen LogP contribution in [0, 0.1) is 7.14 Å². The van der Waals surface area contributed by atoms with Gasteiger partial charge in [-0.25, -0.2) is 0 Å². The van der Waals surface area contributed by atoms with Crippen LogP contribution in [-0.4, -0.2) is 16.0 Å². The van der Waals surface area contributed by atoms with Crippen LogP contribution in [0.25, 0.3) is 11.0 Å². The van der Waals surface area contributed by atoms with Gasteiger partial charge >= 0.3 is 0 Å². The third kappa shape index (κ3) is 3.11. The largest absolute Gasteiger partial charge is 0.506 e. The first-order valence-electron chi connectivity index (χ1n) is 7.08. The molecule has 0 radical (unpaired) electrons. The van der Waals surface area contributed by atoms with Crippen molar-refractivity contribution < 1.29 is 14.7 Å². The predicted octanol–water partition coefficient (Wildman–Crippen LogP) is 5.79. The van der Waals surface area contributed by atoms with Crippen molar-refractivity contribution in [3.63, 3.8) is 0 Å². The molecule has 0 aliphatic carbocycles. The molecule has 0 atom stereocenters. The molecule has 0 saturated carbocycles. The quantitative estimate of drug-likeness (QED) is 0.182. The van der Waals surface area contributed by atoms with Crippen molar-refractivity contribution in [2.24, 2.45) is 5.16 Å². The lowest BCUT2D eigenvalue weighted by molar-refractivity contribution is 0.319. The van der Waals surface area contributed by atoms with E-state index in [0.717, 1.165) is 16.7 Å². The molecule has 3 rings (SSSR count). The van der Waals surface area contributed by atoms with E-state index in [2.05, 4.69) is 5.16 Å². The number of phenols is 1. The molecule has 2 N–H and O–H groups in total. The lowest BCUT2D eigenvalue weighted by Gasteiger charge is -2.09. The van der Waals surface area contributed by atoms with E-state index in [-0.39, 0.29) is 5.75 Å². The standard InChI is InChI=1S/C17H12ClI2NO3/c1-2-13-15(10-7-9(18)3-4-14(10)24-13)16(21-23)8-5-11(19)17(22)12(20)6-8/h3-7,22-23H,2H2,1H3/b21-16-. The van der Waals surface area contributed by atoms with Gasteiger partial charge in [-0.05, 0) is 75.5 Å². The van der Waals surface area contributed by atoms with E-state index < -0.39 is 0 Å². The van der Waals surface area contributed by atoms with Gasteiger partial charge < -0.3 is 14.7 Å². The van der Waals surface area contributed by atoms with Crippen molar-refractivity contribution >= 4 is 73.5 Å². The maximum Gasteiger partial charge on any atom is 0.142 e. The number of hydrogen-bond donors (Lipinski definition) is 2. The smallest absolute Gasteiger partial charge is 0.142 e. The molecule has 0 spiro atoms. The molecule has 124 valence electrons. The van der Waals surface area contributed by atoms with Crippen molar-refractivity contribution in [3.8, 4) is 5.75 Å². The second-order valence-corrected chi connectivity index (χ2v) is 7.89. The second-order valence-electron chi connectivity index (χ2n) is 5.13. The first-order chi connectivity index (χ1) is 11.5. The Morgan fingerprint density at radius 3 is 2.46 bits per heavy atom. The third-order valence-corrected chi connectivity index (χ3v) is 5.55. The number of phenolic OH excluding ortho intramolecular Hbond substituents is 1. The van der Waals surface area contributed by atoms with Crippen LogP contribution < -0.4 is 0 Å². The van der Waals surface area contributed by atoms with Crippen molar-refractivity contribution in [1.82, 2.24) is 0 Å². The van der Waals surface area contributed by atoms with Gasteiger partial charge in [-0.15, -0.1) is 0 Å². The molecule has 0 aliphatic rings. The first-order valence-corrected chi connectivity index (χ1v) is 9.61. The van der Waals surface area contributed by atoms with Gasteiger partial charge in [0.25, 0.3) is 0 Å². The van der Waals surface area contributed by atoms with Gasteiger partial charge in [0.05, 0.1) is 12.7 Å². The summed E-state index contributed by atoms with van der Waals surface area (Å²) in [4.78, 5) is 0. The zero-order chi connectivity index (χ0) is 17.4. The Morgan fingerprint density at radius 2 is 1.88 bits per heavy atom. The summed E-state index contributed by atoms with van der Waals surface area (Å²) in [5.41, 5.74) is 2.50. The molecule has 24 heavy (non-hydrogen) atoms. The summed E-state index contributed by atoms with van der Waals surface area (Å²) in [7, 11) is 0. The molecule has 0 fully saturated rings. The van der Waals surface area contributed by atoms with Crippen LogP contribution in [0.4, 0.5) is 0 Å². The Morgan fingerprint density at radius 1 is 1.21 bits per heavy atom. The number of benzene rings is 2. The summed E-state index contributed by atoms with van der Waals surface area (Å²) in [5.74, 6) is 0.936. The molecular weight excluding hydrogens is 555 g/mol. The molecule has 2 aromatic carbocycles. The summed E-state index contributed by atoms with van der Waals surface area (Å²) in [6.45, 7) is 1.97. The third-order valence-electron chi connectivity index (χ3n) is 3.67.